The average Bonchev–Trinajstić information content (AvgIpc) is 3.16. The largest absolute Gasteiger partial charge is 0.312 e. The third kappa shape index (κ3) is 3.50. The molecule has 26 heavy (non-hydrogen) atoms. The first-order valence-electron chi connectivity index (χ1n) is 8.84. The molecule has 2 aromatic carbocycles. The summed E-state index contributed by atoms with van der Waals surface area (Å²) in [4.78, 5) is 18.7. The van der Waals surface area contributed by atoms with Gasteiger partial charge in [0.15, 0.2) is 0 Å². The molecule has 1 fully saturated rings. The lowest BCUT2D eigenvalue weighted by atomic mass is 10.0. The fourth-order valence-corrected chi connectivity index (χ4v) is 3.29. The van der Waals surface area contributed by atoms with Crippen LogP contribution in [0, 0.1) is 0 Å². The second-order valence-electron chi connectivity index (χ2n) is 6.38. The first-order chi connectivity index (χ1) is 12.8. The van der Waals surface area contributed by atoms with Gasteiger partial charge in [0.1, 0.15) is 12.2 Å². The van der Waals surface area contributed by atoms with Crippen molar-refractivity contribution in [1.29, 1.82) is 0 Å². The minimum absolute atomic E-state index is 0.156. The molecule has 0 aliphatic carbocycles. The molecular formula is C20H21N5O. The van der Waals surface area contributed by atoms with Crippen molar-refractivity contribution >= 4 is 11.6 Å². The van der Waals surface area contributed by atoms with Crippen LogP contribution in [0.4, 0.5) is 5.69 Å². The lowest BCUT2D eigenvalue weighted by molar-refractivity contribution is -0.120. The van der Waals surface area contributed by atoms with Gasteiger partial charge < -0.3 is 10.2 Å². The molecule has 1 saturated heterocycles. The van der Waals surface area contributed by atoms with E-state index in [0.717, 1.165) is 30.2 Å². The summed E-state index contributed by atoms with van der Waals surface area (Å²) in [5.74, 6) is 0.999. The van der Waals surface area contributed by atoms with Gasteiger partial charge in [-0.3, -0.25) is 4.79 Å². The average molecular weight is 347 g/mol. The van der Waals surface area contributed by atoms with Crippen LogP contribution < -0.4 is 10.2 Å². The molecule has 1 unspecified atom stereocenters. The van der Waals surface area contributed by atoms with Crippen LogP contribution in [0.1, 0.15) is 18.7 Å². The Morgan fingerprint density at radius 3 is 2.38 bits per heavy atom. The number of nitrogens with one attached hydrogen (secondary N) is 1. The molecule has 1 aromatic heterocycles. The fourth-order valence-electron chi connectivity index (χ4n) is 3.29. The summed E-state index contributed by atoms with van der Waals surface area (Å²) in [6, 6.07) is 19.9. The number of hydrogen-bond acceptors (Lipinski definition) is 4. The molecule has 6 nitrogen and oxygen atoms in total. The predicted molar refractivity (Wildman–Crippen MR) is 100 cm³/mol. The van der Waals surface area contributed by atoms with Gasteiger partial charge in [-0.2, -0.15) is 5.10 Å². The molecule has 6 heteroatoms. The molecule has 1 N–H and O–H groups in total. The maximum absolute atomic E-state index is 12.5. The number of anilines is 1. The highest BCUT2D eigenvalue weighted by Crippen LogP contribution is 2.21. The normalized spacial score (nSPS) is 17.5. The molecule has 1 aliphatic heterocycles. The molecule has 1 atom stereocenters. The van der Waals surface area contributed by atoms with Crippen LogP contribution in [0.15, 0.2) is 67.0 Å². The number of rotatable bonds is 5. The van der Waals surface area contributed by atoms with Crippen LogP contribution in [0.5, 0.6) is 0 Å². The summed E-state index contributed by atoms with van der Waals surface area (Å²) in [6.07, 6.45) is 2.97. The number of hydrogen-bond donors (Lipinski definition) is 1. The molecule has 0 radical (unpaired) electrons. The van der Waals surface area contributed by atoms with Gasteiger partial charge in [-0.25, -0.2) is 9.67 Å². The quantitative estimate of drug-likeness (QED) is 0.770. The number of amides is 1. The van der Waals surface area contributed by atoms with Crippen LogP contribution in [-0.4, -0.2) is 33.3 Å². The van der Waals surface area contributed by atoms with Crippen molar-refractivity contribution in [3.8, 4) is 5.69 Å². The van der Waals surface area contributed by atoms with Gasteiger partial charge in [0.05, 0.1) is 12.2 Å². The fraction of sp³-hybridized carbons (Fsp3) is 0.250. The molecule has 132 valence electrons. The Kier molecular flexibility index (Phi) is 4.75. The van der Waals surface area contributed by atoms with Crippen LogP contribution in [0.25, 0.3) is 5.69 Å². The molecule has 3 aromatic rings. The van der Waals surface area contributed by atoms with Gasteiger partial charge in [0.25, 0.3) is 0 Å². The Bertz CT molecular complexity index is 862. The molecule has 1 amide bonds. The minimum atomic E-state index is 0.156. The summed E-state index contributed by atoms with van der Waals surface area (Å²) in [5.41, 5.74) is 1.96. The van der Waals surface area contributed by atoms with Crippen molar-refractivity contribution in [3.05, 3.63) is 72.8 Å². The monoisotopic (exact) mass is 347 g/mol. The van der Waals surface area contributed by atoms with Crippen molar-refractivity contribution in [3.63, 3.8) is 0 Å². The standard InChI is InChI=1S/C20H21N5O/c26-20-13-16(11-12-24(20)17-7-3-1-4-8-17)21-14-19-22-15-23-25(19)18-9-5-2-6-10-18/h1-10,15-16,21H,11-14H2. The van der Waals surface area contributed by atoms with Crippen molar-refractivity contribution in [2.45, 2.75) is 25.4 Å². The van der Waals surface area contributed by atoms with Gasteiger partial charge in [0, 0.05) is 24.7 Å². The van der Waals surface area contributed by atoms with Crippen molar-refractivity contribution < 1.29 is 4.79 Å². The van der Waals surface area contributed by atoms with E-state index in [4.69, 9.17) is 0 Å². The van der Waals surface area contributed by atoms with Crippen LogP contribution in [0.3, 0.4) is 0 Å². The van der Waals surface area contributed by atoms with Gasteiger partial charge in [-0.05, 0) is 30.7 Å². The molecule has 0 spiro atoms. The second-order valence-corrected chi connectivity index (χ2v) is 6.38. The van der Waals surface area contributed by atoms with E-state index in [1.165, 1.54) is 0 Å². The number of piperidine rings is 1. The molecule has 4 rings (SSSR count). The Morgan fingerprint density at radius 1 is 1.00 bits per heavy atom. The van der Waals surface area contributed by atoms with Gasteiger partial charge in [-0.15, -0.1) is 0 Å². The van der Waals surface area contributed by atoms with E-state index in [1.807, 2.05) is 70.2 Å². The van der Waals surface area contributed by atoms with E-state index in [-0.39, 0.29) is 11.9 Å². The Morgan fingerprint density at radius 2 is 1.69 bits per heavy atom. The molecule has 1 aliphatic rings. The predicted octanol–water partition coefficient (Wildman–Crippen LogP) is 2.55. The highest BCUT2D eigenvalue weighted by Gasteiger charge is 2.26. The third-order valence-corrected chi connectivity index (χ3v) is 4.66. The van der Waals surface area contributed by atoms with E-state index in [2.05, 4.69) is 15.4 Å². The van der Waals surface area contributed by atoms with E-state index in [0.29, 0.717) is 13.0 Å². The number of benzene rings is 2. The highest BCUT2D eigenvalue weighted by molar-refractivity contribution is 5.94. The molecule has 0 bridgehead atoms. The molecule has 2 heterocycles. The third-order valence-electron chi connectivity index (χ3n) is 4.66. The van der Waals surface area contributed by atoms with Gasteiger partial charge >= 0.3 is 0 Å². The number of carbonyl (C=O) groups excluding carboxylic acids is 1. The van der Waals surface area contributed by atoms with Gasteiger partial charge in [0.2, 0.25) is 5.91 Å². The van der Waals surface area contributed by atoms with Crippen molar-refractivity contribution in [2.24, 2.45) is 0 Å². The first-order valence-corrected chi connectivity index (χ1v) is 8.84. The molecular weight excluding hydrogens is 326 g/mol. The lowest BCUT2D eigenvalue weighted by Crippen LogP contribution is -2.46. The number of para-hydroxylation sites is 2. The van der Waals surface area contributed by atoms with Crippen LogP contribution in [0.2, 0.25) is 0 Å². The molecule has 0 saturated carbocycles. The SMILES string of the molecule is O=C1CC(NCc2ncnn2-c2ccccc2)CCN1c1ccccc1. The van der Waals surface area contributed by atoms with E-state index < -0.39 is 0 Å². The van der Waals surface area contributed by atoms with Crippen molar-refractivity contribution in [1.82, 2.24) is 20.1 Å². The van der Waals surface area contributed by atoms with E-state index >= 15 is 0 Å². The number of aromatic nitrogens is 3. The summed E-state index contributed by atoms with van der Waals surface area (Å²) in [5, 5.41) is 7.77. The topological polar surface area (TPSA) is 63.1 Å². The zero-order valence-electron chi connectivity index (χ0n) is 14.5. The minimum Gasteiger partial charge on any atom is -0.312 e. The van der Waals surface area contributed by atoms with E-state index in [1.54, 1.807) is 6.33 Å². The maximum atomic E-state index is 12.5. The Hall–Kier alpha value is -2.99. The number of nitrogens with zero attached hydrogens (tertiary/aromatic N) is 4. The first kappa shape index (κ1) is 16.5. The zero-order valence-corrected chi connectivity index (χ0v) is 14.5. The maximum Gasteiger partial charge on any atom is 0.228 e. The Labute approximate surface area is 152 Å². The summed E-state index contributed by atoms with van der Waals surface area (Å²) in [7, 11) is 0. The summed E-state index contributed by atoms with van der Waals surface area (Å²) >= 11 is 0. The zero-order chi connectivity index (χ0) is 17.8. The summed E-state index contributed by atoms with van der Waals surface area (Å²) < 4.78 is 1.83. The van der Waals surface area contributed by atoms with Crippen LogP contribution >= 0.6 is 0 Å². The lowest BCUT2D eigenvalue weighted by Gasteiger charge is -2.32. The highest BCUT2D eigenvalue weighted by atomic mass is 16.2. The van der Waals surface area contributed by atoms with Crippen LogP contribution in [-0.2, 0) is 11.3 Å². The second kappa shape index (κ2) is 7.49. The summed E-state index contributed by atoms with van der Waals surface area (Å²) in [6.45, 7) is 1.31. The van der Waals surface area contributed by atoms with E-state index in [9.17, 15) is 4.79 Å². The number of carbonyl (C=O) groups is 1. The smallest absolute Gasteiger partial charge is 0.228 e. The Balaban J connectivity index is 1.37. The van der Waals surface area contributed by atoms with Crippen molar-refractivity contribution in [2.75, 3.05) is 11.4 Å². The van der Waals surface area contributed by atoms with Gasteiger partial charge in [-0.1, -0.05) is 36.4 Å².